The SMILES string of the molecule is CC1=c2c([nH]n(-c3ccccc3Cl)c2=O)=CCN1Cc1ccccc1CN1CCOCC1. The monoisotopic (exact) mass is 450 g/mol. The first-order valence-electron chi connectivity index (χ1n) is 11.0. The minimum Gasteiger partial charge on any atom is -0.379 e. The summed E-state index contributed by atoms with van der Waals surface area (Å²) in [6, 6.07) is 16.0. The number of hydrogen-bond acceptors (Lipinski definition) is 4. The van der Waals surface area contributed by atoms with Crippen molar-refractivity contribution in [3.63, 3.8) is 0 Å². The number of H-pyrrole nitrogens is 1. The minimum atomic E-state index is -0.0758. The first-order chi connectivity index (χ1) is 15.6. The van der Waals surface area contributed by atoms with E-state index in [1.165, 1.54) is 11.1 Å². The molecule has 5 rings (SSSR count). The Balaban J connectivity index is 1.46. The summed E-state index contributed by atoms with van der Waals surface area (Å²) in [5.41, 5.74) is 4.19. The third kappa shape index (κ3) is 4.01. The molecule has 2 aliphatic rings. The predicted octanol–water partition coefficient (Wildman–Crippen LogP) is 2.08. The second-order valence-corrected chi connectivity index (χ2v) is 8.73. The highest BCUT2D eigenvalue weighted by molar-refractivity contribution is 6.32. The number of nitrogens with zero attached hydrogens (tertiary/aromatic N) is 3. The van der Waals surface area contributed by atoms with Crippen LogP contribution in [-0.2, 0) is 17.8 Å². The molecule has 0 saturated carbocycles. The van der Waals surface area contributed by atoms with Crippen molar-refractivity contribution in [2.75, 3.05) is 32.8 Å². The number of fused-ring (bicyclic) bond motifs is 1. The zero-order valence-corrected chi connectivity index (χ0v) is 18.9. The van der Waals surface area contributed by atoms with E-state index in [2.05, 4.69) is 45.2 Å². The molecule has 0 aliphatic carbocycles. The average molecular weight is 451 g/mol. The van der Waals surface area contributed by atoms with E-state index in [9.17, 15) is 4.79 Å². The Labute approximate surface area is 192 Å². The number of aromatic nitrogens is 2. The van der Waals surface area contributed by atoms with Crippen LogP contribution in [0.5, 0.6) is 0 Å². The van der Waals surface area contributed by atoms with Crippen molar-refractivity contribution >= 4 is 23.4 Å². The van der Waals surface area contributed by atoms with E-state index in [-0.39, 0.29) is 5.56 Å². The van der Waals surface area contributed by atoms with E-state index >= 15 is 0 Å². The van der Waals surface area contributed by atoms with E-state index in [0.717, 1.165) is 57.0 Å². The average Bonchev–Trinajstić information content (AvgIpc) is 3.15. The maximum absolute atomic E-state index is 13.3. The largest absolute Gasteiger partial charge is 0.379 e. The van der Waals surface area contributed by atoms with Crippen LogP contribution in [0.1, 0.15) is 18.1 Å². The molecule has 6 nitrogen and oxygen atoms in total. The molecule has 0 spiro atoms. The summed E-state index contributed by atoms with van der Waals surface area (Å²) in [7, 11) is 0. The first kappa shape index (κ1) is 21.1. The predicted molar refractivity (Wildman–Crippen MR) is 127 cm³/mol. The quantitative estimate of drug-likeness (QED) is 0.646. The van der Waals surface area contributed by atoms with E-state index in [0.29, 0.717) is 15.9 Å². The van der Waals surface area contributed by atoms with E-state index < -0.39 is 0 Å². The van der Waals surface area contributed by atoms with Crippen molar-refractivity contribution in [2.45, 2.75) is 20.0 Å². The Morgan fingerprint density at radius 3 is 2.44 bits per heavy atom. The summed E-state index contributed by atoms with van der Waals surface area (Å²) >= 11 is 6.35. The van der Waals surface area contributed by atoms with Gasteiger partial charge in [0.25, 0.3) is 5.56 Å². The maximum atomic E-state index is 13.3. The van der Waals surface area contributed by atoms with Crippen LogP contribution < -0.4 is 16.1 Å². The number of ether oxygens (including phenoxy) is 1. The molecule has 2 aromatic carbocycles. The van der Waals surface area contributed by atoms with Gasteiger partial charge in [-0.3, -0.25) is 14.8 Å². The van der Waals surface area contributed by atoms with Gasteiger partial charge in [0.05, 0.1) is 34.5 Å². The van der Waals surface area contributed by atoms with Gasteiger partial charge in [-0.1, -0.05) is 48.0 Å². The number of benzene rings is 2. The lowest BCUT2D eigenvalue weighted by atomic mass is 10.1. The molecule has 1 saturated heterocycles. The van der Waals surface area contributed by atoms with Gasteiger partial charge in [-0.2, -0.15) is 0 Å². The molecule has 0 amide bonds. The number of aromatic amines is 1. The van der Waals surface area contributed by atoms with Crippen molar-refractivity contribution in [1.82, 2.24) is 19.6 Å². The highest BCUT2D eigenvalue weighted by Gasteiger charge is 2.19. The minimum absolute atomic E-state index is 0.0758. The molecule has 0 bridgehead atoms. The highest BCUT2D eigenvalue weighted by atomic mass is 35.5. The van der Waals surface area contributed by atoms with Crippen molar-refractivity contribution in [2.24, 2.45) is 0 Å². The molecule has 3 heterocycles. The molecule has 1 N–H and O–H groups in total. The van der Waals surface area contributed by atoms with Crippen LogP contribution in [0.3, 0.4) is 0 Å². The van der Waals surface area contributed by atoms with E-state index in [1.54, 1.807) is 10.7 Å². The maximum Gasteiger partial charge on any atom is 0.280 e. The lowest BCUT2D eigenvalue weighted by Gasteiger charge is -2.29. The molecule has 0 unspecified atom stereocenters. The van der Waals surface area contributed by atoms with Gasteiger partial charge >= 0.3 is 0 Å². The topological polar surface area (TPSA) is 53.5 Å². The van der Waals surface area contributed by atoms with Crippen molar-refractivity contribution < 1.29 is 4.74 Å². The normalized spacial score (nSPS) is 16.7. The molecule has 1 fully saturated rings. The fraction of sp³-hybridized carbons (Fsp3) is 0.320. The van der Waals surface area contributed by atoms with Gasteiger partial charge in [0.2, 0.25) is 0 Å². The Morgan fingerprint density at radius 1 is 1.00 bits per heavy atom. The van der Waals surface area contributed by atoms with Gasteiger partial charge in [0.15, 0.2) is 0 Å². The van der Waals surface area contributed by atoms with Gasteiger partial charge in [0.1, 0.15) is 0 Å². The lowest BCUT2D eigenvalue weighted by molar-refractivity contribution is 0.0340. The molecule has 0 atom stereocenters. The Morgan fingerprint density at radius 2 is 1.69 bits per heavy atom. The first-order valence-corrected chi connectivity index (χ1v) is 11.4. The van der Waals surface area contributed by atoms with Crippen LogP contribution in [0.25, 0.3) is 17.5 Å². The number of nitrogens with one attached hydrogen (secondary N) is 1. The van der Waals surface area contributed by atoms with Crippen molar-refractivity contribution in [1.29, 1.82) is 0 Å². The third-order valence-electron chi connectivity index (χ3n) is 6.34. The number of hydrogen-bond donors (Lipinski definition) is 1. The summed E-state index contributed by atoms with van der Waals surface area (Å²) in [5, 5.41) is 5.34. The Kier molecular flexibility index (Phi) is 5.91. The summed E-state index contributed by atoms with van der Waals surface area (Å²) in [5.74, 6) is 0. The summed E-state index contributed by atoms with van der Waals surface area (Å²) < 4.78 is 7.03. The van der Waals surface area contributed by atoms with Crippen LogP contribution in [0.15, 0.2) is 53.3 Å². The van der Waals surface area contributed by atoms with Crippen LogP contribution in [0.2, 0.25) is 5.02 Å². The van der Waals surface area contributed by atoms with Crippen molar-refractivity contribution in [3.8, 4) is 5.69 Å². The Bertz CT molecular complexity index is 1300. The molecular weight excluding hydrogens is 424 g/mol. The zero-order chi connectivity index (χ0) is 22.1. The van der Waals surface area contributed by atoms with Crippen LogP contribution in [-0.4, -0.2) is 52.4 Å². The van der Waals surface area contributed by atoms with E-state index in [1.807, 2.05) is 25.1 Å². The number of halogens is 1. The molecule has 7 heteroatoms. The standard InChI is InChI=1S/C25H27ClN4O2/c1-18-24-22(27-30(25(24)31)23-9-5-4-8-21(23)26)10-11-29(18)17-20-7-3-2-6-19(20)16-28-12-14-32-15-13-28/h2-10,27H,11-17H2,1H3. The summed E-state index contributed by atoms with van der Waals surface area (Å²) in [6.07, 6.45) is 2.08. The molecular formula is C25H27ClN4O2. The number of para-hydroxylation sites is 1. The molecule has 3 aromatic rings. The fourth-order valence-corrected chi connectivity index (χ4v) is 4.73. The van der Waals surface area contributed by atoms with E-state index in [4.69, 9.17) is 16.3 Å². The highest BCUT2D eigenvalue weighted by Crippen LogP contribution is 2.19. The molecule has 0 radical (unpaired) electrons. The van der Waals surface area contributed by atoms with Crippen molar-refractivity contribution in [3.05, 3.63) is 85.6 Å². The van der Waals surface area contributed by atoms with Gasteiger partial charge in [-0.15, -0.1) is 0 Å². The summed E-state index contributed by atoms with van der Waals surface area (Å²) in [6.45, 7) is 7.98. The third-order valence-corrected chi connectivity index (χ3v) is 6.66. The fourth-order valence-electron chi connectivity index (χ4n) is 4.51. The molecule has 1 aromatic heterocycles. The number of rotatable bonds is 5. The Hall–Kier alpha value is -2.80. The lowest BCUT2D eigenvalue weighted by Crippen LogP contribution is -2.44. The van der Waals surface area contributed by atoms with Crippen LogP contribution in [0.4, 0.5) is 0 Å². The van der Waals surface area contributed by atoms with Gasteiger partial charge in [0, 0.05) is 38.4 Å². The molecule has 32 heavy (non-hydrogen) atoms. The smallest absolute Gasteiger partial charge is 0.280 e. The molecule has 2 aliphatic heterocycles. The number of morpholine rings is 1. The van der Waals surface area contributed by atoms with Gasteiger partial charge < -0.3 is 9.64 Å². The second kappa shape index (κ2) is 8.98. The van der Waals surface area contributed by atoms with Crippen LogP contribution in [0, 0.1) is 0 Å². The summed E-state index contributed by atoms with van der Waals surface area (Å²) in [4.78, 5) is 18.0. The van der Waals surface area contributed by atoms with Gasteiger partial charge in [-0.05, 0) is 36.3 Å². The van der Waals surface area contributed by atoms with Crippen LogP contribution >= 0.6 is 11.6 Å². The molecule has 166 valence electrons. The second-order valence-electron chi connectivity index (χ2n) is 8.32. The van der Waals surface area contributed by atoms with Gasteiger partial charge in [-0.25, -0.2) is 4.68 Å². The zero-order valence-electron chi connectivity index (χ0n) is 18.2.